The van der Waals surface area contributed by atoms with Gasteiger partial charge in [0.15, 0.2) is 0 Å². The molecule has 0 bridgehead atoms. The molecule has 112 valence electrons. The average Bonchev–Trinajstić information content (AvgIpc) is 2.44. The summed E-state index contributed by atoms with van der Waals surface area (Å²) in [6.07, 6.45) is 2.72. The quantitative estimate of drug-likeness (QED) is 0.830. The number of nitrogens with one attached hydrogen (secondary N) is 1. The van der Waals surface area contributed by atoms with Crippen LogP contribution < -0.4 is 5.32 Å². The lowest BCUT2D eigenvalue weighted by atomic mass is 10.1. The normalized spacial score (nSPS) is 10.9. The smallest absolute Gasteiger partial charge is 0.133 e. The molecule has 1 aromatic carbocycles. The van der Waals surface area contributed by atoms with Crippen molar-refractivity contribution in [3.05, 3.63) is 58.4 Å². The zero-order chi connectivity index (χ0) is 15.2. The van der Waals surface area contributed by atoms with Crippen LogP contribution in [0, 0.1) is 19.7 Å². The van der Waals surface area contributed by atoms with Crippen molar-refractivity contribution in [2.24, 2.45) is 0 Å². The Labute approximate surface area is 125 Å². The fraction of sp³-hybridized carbons (Fsp3) is 0.412. The van der Waals surface area contributed by atoms with Crippen LogP contribution in [-0.4, -0.2) is 23.6 Å². The molecule has 2 aromatic rings. The summed E-state index contributed by atoms with van der Waals surface area (Å²) in [7, 11) is 1.96. The third-order valence-electron chi connectivity index (χ3n) is 3.60. The van der Waals surface area contributed by atoms with Gasteiger partial charge in [0.1, 0.15) is 11.6 Å². The second-order valence-corrected chi connectivity index (χ2v) is 5.30. The number of halogens is 1. The second kappa shape index (κ2) is 7.27. The third-order valence-corrected chi connectivity index (χ3v) is 3.60. The lowest BCUT2D eigenvalue weighted by molar-refractivity contribution is 0.627. The van der Waals surface area contributed by atoms with Crippen molar-refractivity contribution in [1.29, 1.82) is 0 Å². The summed E-state index contributed by atoms with van der Waals surface area (Å²) in [5.74, 6) is 0.584. The van der Waals surface area contributed by atoms with Crippen molar-refractivity contribution in [3.8, 4) is 0 Å². The molecule has 1 N–H and O–H groups in total. The maximum absolute atomic E-state index is 12.9. The van der Waals surface area contributed by atoms with Gasteiger partial charge in [0.2, 0.25) is 0 Å². The fourth-order valence-electron chi connectivity index (χ4n) is 2.48. The molecule has 0 saturated carbocycles. The molecular formula is C17H22FN3. The van der Waals surface area contributed by atoms with E-state index in [2.05, 4.69) is 15.3 Å². The molecule has 0 aliphatic rings. The Morgan fingerprint density at radius 2 is 1.67 bits per heavy atom. The van der Waals surface area contributed by atoms with Crippen LogP contribution in [0.2, 0.25) is 0 Å². The Morgan fingerprint density at radius 1 is 1.05 bits per heavy atom. The molecule has 3 nitrogen and oxygen atoms in total. The van der Waals surface area contributed by atoms with E-state index < -0.39 is 0 Å². The number of benzene rings is 1. The van der Waals surface area contributed by atoms with Crippen molar-refractivity contribution in [1.82, 2.24) is 15.3 Å². The highest BCUT2D eigenvalue weighted by Crippen LogP contribution is 2.15. The van der Waals surface area contributed by atoms with Gasteiger partial charge in [0, 0.05) is 17.8 Å². The number of hydrogen-bond acceptors (Lipinski definition) is 3. The zero-order valence-electron chi connectivity index (χ0n) is 12.9. The summed E-state index contributed by atoms with van der Waals surface area (Å²) >= 11 is 0. The van der Waals surface area contributed by atoms with E-state index in [-0.39, 0.29) is 5.82 Å². The monoisotopic (exact) mass is 287 g/mol. The molecule has 0 fully saturated rings. The summed E-state index contributed by atoms with van der Waals surface area (Å²) < 4.78 is 12.9. The molecule has 0 atom stereocenters. The maximum atomic E-state index is 12.9. The highest BCUT2D eigenvalue weighted by Gasteiger charge is 2.09. The maximum Gasteiger partial charge on any atom is 0.133 e. The molecule has 0 unspecified atom stereocenters. The first-order valence-electron chi connectivity index (χ1n) is 7.32. The molecule has 4 heteroatoms. The molecule has 0 radical (unpaired) electrons. The summed E-state index contributed by atoms with van der Waals surface area (Å²) in [6.45, 7) is 5.07. The molecule has 2 rings (SSSR count). The molecule has 0 aliphatic carbocycles. The van der Waals surface area contributed by atoms with Crippen molar-refractivity contribution < 1.29 is 4.39 Å². The van der Waals surface area contributed by atoms with E-state index in [1.54, 1.807) is 12.1 Å². The molecule has 21 heavy (non-hydrogen) atoms. The van der Waals surface area contributed by atoms with Crippen molar-refractivity contribution in [2.75, 3.05) is 13.6 Å². The van der Waals surface area contributed by atoms with E-state index in [1.807, 2.05) is 20.9 Å². The molecule has 0 spiro atoms. The Kier molecular flexibility index (Phi) is 5.39. The first kappa shape index (κ1) is 15.6. The highest BCUT2D eigenvalue weighted by atomic mass is 19.1. The minimum absolute atomic E-state index is 0.216. The van der Waals surface area contributed by atoms with Gasteiger partial charge in [-0.2, -0.15) is 0 Å². The Balaban J connectivity index is 2.13. The molecule has 0 saturated heterocycles. The minimum atomic E-state index is -0.216. The van der Waals surface area contributed by atoms with Gasteiger partial charge in [0.25, 0.3) is 0 Å². The predicted molar refractivity (Wildman–Crippen MR) is 83.0 cm³/mol. The van der Waals surface area contributed by atoms with Crippen molar-refractivity contribution in [3.63, 3.8) is 0 Å². The zero-order valence-corrected chi connectivity index (χ0v) is 12.9. The predicted octanol–water partition coefficient (Wildman–Crippen LogP) is 2.98. The van der Waals surface area contributed by atoms with Crippen LogP contribution in [0.3, 0.4) is 0 Å². The van der Waals surface area contributed by atoms with Crippen LogP contribution in [0.25, 0.3) is 0 Å². The number of hydrogen-bond donors (Lipinski definition) is 1. The number of aryl methyl sites for hydroxylation is 2. The van der Waals surface area contributed by atoms with Crippen LogP contribution in [0.1, 0.15) is 34.8 Å². The average molecular weight is 287 g/mol. The fourth-order valence-corrected chi connectivity index (χ4v) is 2.48. The topological polar surface area (TPSA) is 37.8 Å². The molecule has 0 amide bonds. The Morgan fingerprint density at radius 3 is 2.24 bits per heavy atom. The van der Waals surface area contributed by atoms with Crippen LogP contribution in [0.5, 0.6) is 0 Å². The van der Waals surface area contributed by atoms with E-state index >= 15 is 0 Å². The number of nitrogens with zero attached hydrogens (tertiary/aromatic N) is 2. The summed E-state index contributed by atoms with van der Waals surface area (Å²) in [6, 6.07) is 6.51. The van der Waals surface area contributed by atoms with Gasteiger partial charge in [-0.15, -0.1) is 0 Å². The molecule has 0 aliphatic heterocycles. The van der Waals surface area contributed by atoms with E-state index in [4.69, 9.17) is 0 Å². The largest absolute Gasteiger partial charge is 0.320 e. The standard InChI is InChI=1S/C17H22FN3/c1-12-16(5-4-10-19-3)13(2)21-17(20-12)11-14-6-8-15(18)9-7-14/h6-9,19H,4-5,10-11H2,1-3H3. The van der Waals surface area contributed by atoms with Gasteiger partial charge in [-0.25, -0.2) is 14.4 Å². The van der Waals surface area contributed by atoms with E-state index in [9.17, 15) is 4.39 Å². The van der Waals surface area contributed by atoms with E-state index in [1.165, 1.54) is 17.7 Å². The van der Waals surface area contributed by atoms with Crippen LogP contribution in [0.4, 0.5) is 4.39 Å². The first-order valence-corrected chi connectivity index (χ1v) is 7.32. The Hall–Kier alpha value is -1.81. The Bertz CT molecular complexity index is 570. The van der Waals surface area contributed by atoms with Crippen LogP contribution in [0.15, 0.2) is 24.3 Å². The SMILES string of the molecule is CNCCCc1c(C)nc(Cc2ccc(F)cc2)nc1C. The van der Waals surface area contributed by atoms with Gasteiger partial charge in [-0.1, -0.05) is 12.1 Å². The summed E-state index contributed by atoms with van der Waals surface area (Å²) in [5, 5.41) is 3.15. The highest BCUT2D eigenvalue weighted by molar-refractivity contribution is 5.27. The number of aromatic nitrogens is 2. The van der Waals surface area contributed by atoms with Crippen LogP contribution in [-0.2, 0) is 12.8 Å². The van der Waals surface area contributed by atoms with Crippen LogP contribution >= 0.6 is 0 Å². The molecular weight excluding hydrogens is 265 g/mol. The lowest BCUT2D eigenvalue weighted by Crippen LogP contribution is -2.11. The van der Waals surface area contributed by atoms with Gasteiger partial charge < -0.3 is 5.32 Å². The number of rotatable bonds is 6. The first-order chi connectivity index (χ1) is 10.1. The van der Waals surface area contributed by atoms with Crippen molar-refractivity contribution >= 4 is 0 Å². The molecule has 1 heterocycles. The summed E-state index contributed by atoms with van der Waals surface area (Å²) in [5.41, 5.74) is 4.37. The van der Waals surface area contributed by atoms with E-state index in [0.717, 1.165) is 42.2 Å². The van der Waals surface area contributed by atoms with Gasteiger partial charge >= 0.3 is 0 Å². The summed E-state index contributed by atoms with van der Waals surface area (Å²) in [4.78, 5) is 9.21. The van der Waals surface area contributed by atoms with Gasteiger partial charge in [-0.3, -0.25) is 0 Å². The molecule has 1 aromatic heterocycles. The van der Waals surface area contributed by atoms with E-state index in [0.29, 0.717) is 6.42 Å². The van der Waals surface area contributed by atoms with Gasteiger partial charge in [0.05, 0.1) is 0 Å². The van der Waals surface area contributed by atoms with Gasteiger partial charge in [-0.05, 0) is 63.5 Å². The van der Waals surface area contributed by atoms with Crippen molar-refractivity contribution in [2.45, 2.75) is 33.1 Å². The lowest BCUT2D eigenvalue weighted by Gasteiger charge is -2.11. The minimum Gasteiger partial charge on any atom is -0.320 e. The second-order valence-electron chi connectivity index (χ2n) is 5.30. The third kappa shape index (κ3) is 4.33.